The van der Waals surface area contributed by atoms with Crippen LogP contribution < -0.4 is 5.32 Å². The molecular formula is C9H15N3OS. The number of hydrogen-bond donors (Lipinski definition) is 1. The van der Waals surface area contributed by atoms with Crippen molar-refractivity contribution in [3.05, 3.63) is 12.1 Å². The molecule has 0 fully saturated rings. The number of methoxy groups -OCH3 is 1. The lowest BCUT2D eigenvalue weighted by Crippen LogP contribution is -2.06. The fourth-order valence-corrected chi connectivity index (χ4v) is 1.28. The van der Waals surface area contributed by atoms with Gasteiger partial charge in [-0.25, -0.2) is 0 Å². The van der Waals surface area contributed by atoms with E-state index in [0.29, 0.717) is 0 Å². The van der Waals surface area contributed by atoms with Crippen molar-refractivity contribution in [3.63, 3.8) is 0 Å². The molecule has 0 saturated carbocycles. The highest BCUT2D eigenvalue weighted by Crippen LogP contribution is 2.10. The Bertz CT molecular complexity index is 253. The summed E-state index contributed by atoms with van der Waals surface area (Å²) >= 11 is 1.59. The number of nitrogens with zero attached hydrogens (tertiary/aromatic N) is 2. The Labute approximate surface area is 88.5 Å². The second-order valence-corrected chi connectivity index (χ2v) is 3.56. The Morgan fingerprint density at radius 3 is 2.86 bits per heavy atom. The van der Waals surface area contributed by atoms with Crippen LogP contribution in [-0.4, -0.2) is 36.7 Å². The summed E-state index contributed by atoms with van der Waals surface area (Å²) in [4.78, 5) is 0. The van der Waals surface area contributed by atoms with Crippen molar-refractivity contribution in [2.24, 2.45) is 0 Å². The second kappa shape index (κ2) is 6.62. The summed E-state index contributed by atoms with van der Waals surface area (Å²) in [5, 5.41) is 12.1. The highest BCUT2D eigenvalue weighted by molar-refractivity contribution is 7.98. The van der Waals surface area contributed by atoms with Crippen molar-refractivity contribution in [3.8, 4) is 0 Å². The Hall–Kier alpha value is -0.810. The van der Waals surface area contributed by atoms with Crippen LogP contribution in [0, 0.1) is 0 Å². The predicted molar refractivity (Wildman–Crippen MR) is 58.8 cm³/mol. The van der Waals surface area contributed by atoms with E-state index in [2.05, 4.69) is 15.5 Å². The van der Waals surface area contributed by atoms with E-state index in [1.165, 1.54) is 0 Å². The normalized spacial score (nSPS) is 10.1. The van der Waals surface area contributed by atoms with Gasteiger partial charge in [-0.05, 0) is 24.8 Å². The molecule has 1 aromatic rings. The lowest BCUT2D eigenvalue weighted by Gasteiger charge is -2.04. The van der Waals surface area contributed by atoms with Gasteiger partial charge in [-0.15, -0.1) is 22.0 Å². The van der Waals surface area contributed by atoms with Crippen LogP contribution in [0.4, 0.5) is 5.82 Å². The second-order valence-electron chi connectivity index (χ2n) is 2.73. The molecule has 0 aliphatic heterocycles. The number of nitrogens with one attached hydrogen (secondary N) is 1. The van der Waals surface area contributed by atoms with Gasteiger partial charge in [-0.2, -0.15) is 0 Å². The lowest BCUT2D eigenvalue weighted by molar-refractivity contribution is 0.197. The van der Waals surface area contributed by atoms with Crippen molar-refractivity contribution >= 4 is 17.6 Å². The third-order valence-electron chi connectivity index (χ3n) is 1.68. The molecule has 14 heavy (non-hydrogen) atoms. The molecule has 0 bridgehead atoms. The van der Waals surface area contributed by atoms with Crippen molar-refractivity contribution in [1.82, 2.24) is 10.2 Å². The van der Waals surface area contributed by atoms with Crippen molar-refractivity contribution in [2.75, 3.05) is 31.8 Å². The van der Waals surface area contributed by atoms with Crippen LogP contribution in [0.1, 0.15) is 6.42 Å². The number of aromatic nitrogens is 2. The summed E-state index contributed by atoms with van der Waals surface area (Å²) in [7, 11) is 1.70. The van der Waals surface area contributed by atoms with Crippen LogP contribution in [0.2, 0.25) is 0 Å². The predicted octanol–water partition coefficient (Wildman–Crippen LogP) is 1.65. The van der Waals surface area contributed by atoms with Gasteiger partial charge in [0, 0.05) is 20.3 Å². The molecule has 0 aliphatic carbocycles. The molecule has 1 heterocycles. The molecule has 1 rings (SSSR count). The fraction of sp³-hybridized carbons (Fsp3) is 0.556. The molecule has 78 valence electrons. The highest BCUT2D eigenvalue weighted by atomic mass is 32.2. The van der Waals surface area contributed by atoms with Gasteiger partial charge >= 0.3 is 0 Å². The van der Waals surface area contributed by atoms with Crippen LogP contribution in [0.25, 0.3) is 0 Å². The van der Waals surface area contributed by atoms with Crippen molar-refractivity contribution < 1.29 is 4.74 Å². The topological polar surface area (TPSA) is 47.0 Å². The van der Waals surface area contributed by atoms with Crippen molar-refractivity contribution in [2.45, 2.75) is 11.4 Å². The Kier molecular flexibility index (Phi) is 5.32. The summed E-state index contributed by atoms with van der Waals surface area (Å²) in [6.45, 7) is 1.63. The molecule has 0 atom stereocenters. The average Bonchev–Trinajstić information content (AvgIpc) is 2.25. The maximum absolute atomic E-state index is 4.94. The Morgan fingerprint density at radius 1 is 1.43 bits per heavy atom. The van der Waals surface area contributed by atoms with E-state index in [-0.39, 0.29) is 0 Å². The van der Waals surface area contributed by atoms with Gasteiger partial charge < -0.3 is 10.1 Å². The van der Waals surface area contributed by atoms with Crippen LogP contribution in [-0.2, 0) is 4.74 Å². The average molecular weight is 213 g/mol. The summed E-state index contributed by atoms with van der Waals surface area (Å²) in [5.41, 5.74) is 0. The van der Waals surface area contributed by atoms with Gasteiger partial charge in [-0.1, -0.05) is 0 Å². The summed E-state index contributed by atoms with van der Waals surface area (Å²) in [6, 6.07) is 3.89. The molecule has 0 spiro atoms. The minimum absolute atomic E-state index is 0.767. The van der Waals surface area contributed by atoms with Gasteiger partial charge in [0.2, 0.25) is 0 Å². The minimum Gasteiger partial charge on any atom is -0.385 e. The standard InChI is InChI=1S/C9H15N3OS/c1-13-7-3-6-10-8-4-5-9(14-2)12-11-8/h4-5H,3,6-7H2,1-2H3,(H,10,11). The first-order valence-corrected chi connectivity index (χ1v) is 5.70. The quantitative estimate of drug-likeness (QED) is 0.575. The van der Waals surface area contributed by atoms with E-state index in [9.17, 15) is 0 Å². The number of anilines is 1. The zero-order valence-corrected chi connectivity index (χ0v) is 9.30. The Balaban J connectivity index is 2.29. The maximum Gasteiger partial charge on any atom is 0.148 e. The van der Waals surface area contributed by atoms with E-state index in [4.69, 9.17) is 4.74 Å². The van der Waals surface area contributed by atoms with Crippen LogP contribution in [0.3, 0.4) is 0 Å². The first-order valence-electron chi connectivity index (χ1n) is 4.47. The molecule has 0 amide bonds. The maximum atomic E-state index is 4.94. The third-order valence-corrected chi connectivity index (χ3v) is 2.32. The number of hydrogen-bond acceptors (Lipinski definition) is 5. The van der Waals surface area contributed by atoms with Gasteiger partial charge in [0.15, 0.2) is 0 Å². The zero-order chi connectivity index (χ0) is 10.2. The van der Waals surface area contributed by atoms with Crippen LogP contribution in [0.15, 0.2) is 17.2 Å². The zero-order valence-electron chi connectivity index (χ0n) is 8.49. The van der Waals surface area contributed by atoms with Gasteiger partial charge in [-0.3, -0.25) is 0 Å². The van der Waals surface area contributed by atoms with Gasteiger partial charge in [0.25, 0.3) is 0 Å². The monoisotopic (exact) mass is 213 g/mol. The molecule has 0 aliphatic rings. The molecule has 1 aromatic heterocycles. The summed E-state index contributed by atoms with van der Waals surface area (Å²) in [6.07, 6.45) is 2.96. The molecule has 0 radical (unpaired) electrons. The summed E-state index contributed by atoms with van der Waals surface area (Å²) < 4.78 is 4.94. The molecule has 0 unspecified atom stereocenters. The van der Waals surface area contributed by atoms with E-state index >= 15 is 0 Å². The van der Waals surface area contributed by atoms with Gasteiger partial charge in [0.1, 0.15) is 10.8 Å². The smallest absolute Gasteiger partial charge is 0.148 e. The number of rotatable bonds is 6. The molecule has 1 N–H and O–H groups in total. The fourth-order valence-electron chi connectivity index (χ4n) is 0.956. The first-order chi connectivity index (χ1) is 6.86. The van der Waals surface area contributed by atoms with E-state index < -0.39 is 0 Å². The van der Waals surface area contributed by atoms with E-state index in [0.717, 1.165) is 30.4 Å². The molecule has 5 heteroatoms. The molecule has 0 aromatic carbocycles. The molecule has 0 saturated heterocycles. The van der Waals surface area contributed by atoms with E-state index in [1.54, 1.807) is 18.9 Å². The van der Waals surface area contributed by atoms with Crippen molar-refractivity contribution in [1.29, 1.82) is 0 Å². The summed E-state index contributed by atoms with van der Waals surface area (Å²) in [5.74, 6) is 0.818. The largest absolute Gasteiger partial charge is 0.385 e. The highest BCUT2D eigenvalue weighted by Gasteiger charge is 1.95. The van der Waals surface area contributed by atoms with Crippen LogP contribution in [0.5, 0.6) is 0 Å². The van der Waals surface area contributed by atoms with E-state index in [1.807, 2.05) is 18.4 Å². The minimum atomic E-state index is 0.767. The van der Waals surface area contributed by atoms with Gasteiger partial charge in [0.05, 0.1) is 0 Å². The Morgan fingerprint density at radius 2 is 2.29 bits per heavy atom. The number of thioether (sulfide) groups is 1. The molecular weight excluding hydrogens is 198 g/mol. The number of ether oxygens (including phenoxy) is 1. The van der Waals surface area contributed by atoms with Crippen LogP contribution >= 0.6 is 11.8 Å². The first kappa shape index (κ1) is 11.3. The third kappa shape index (κ3) is 3.93. The SMILES string of the molecule is COCCCNc1ccc(SC)nn1. The molecule has 4 nitrogen and oxygen atoms in total. The lowest BCUT2D eigenvalue weighted by atomic mass is 10.4.